The molecule has 1 unspecified atom stereocenters. The molecule has 1 N–H and O–H groups in total. The molecule has 0 amide bonds. The van der Waals surface area contributed by atoms with Crippen molar-refractivity contribution in [3.05, 3.63) is 30.1 Å². The third kappa shape index (κ3) is 4.68. The summed E-state index contributed by atoms with van der Waals surface area (Å²) in [5.41, 5.74) is -1.05. The van der Waals surface area contributed by atoms with E-state index in [2.05, 4.69) is 10.1 Å². The van der Waals surface area contributed by atoms with Gasteiger partial charge in [0, 0.05) is 25.1 Å². The first kappa shape index (κ1) is 20.1. The van der Waals surface area contributed by atoms with Gasteiger partial charge in [0.15, 0.2) is 0 Å². The summed E-state index contributed by atoms with van der Waals surface area (Å²) < 4.78 is 51.1. The summed E-state index contributed by atoms with van der Waals surface area (Å²) in [6.07, 6.45) is -1.42. The minimum absolute atomic E-state index is 0.0132. The van der Waals surface area contributed by atoms with Crippen LogP contribution >= 0.6 is 0 Å². The monoisotopic (exact) mass is 373 g/mol. The van der Waals surface area contributed by atoms with Gasteiger partial charge in [-0.05, 0) is 31.0 Å². The van der Waals surface area contributed by atoms with E-state index < -0.39 is 47.9 Å². The smallest absolute Gasteiger partial charge is 0.312 e. The van der Waals surface area contributed by atoms with Gasteiger partial charge in [0.25, 0.3) is 0 Å². The lowest BCUT2D eigenvalue weighted by Crippen LogP contribution is -2.48. The van der Waals surface area contributed by atoms with Gasteiger partial charge in [-0.15, -0.1) is 0 Å². The molecule has 0 heterocycles. The first-order chi connectivity index (χ1) is 12.2. The fourth-order valence-corrected chi connectivity index (χ4v) is 3.59. The zero-order valence-corrected chi connectivity index (χ0v) is 14.7. The highest BCUT2D eigenvalue weighted by molar-refractivity contribution is 5.80. The molecular weight excluding hydrogens is 351 g/mol. The van der Waals surface area contributed by atoms with Crippen LogP contribution in [0.25, 0.3) is 0 Å². The average Bonchev–Trinajstić information content (AvgIpc) is 2.59. The molecule has 1 saturated carbocycles. The zero-order valence-electron chi connectivity index (χ0n) is 14.7. The molecule has 144 valence electrons. The van der Waals surface area contributed by atoms with Crippen LogP contribution in [-0.4, -0.2) is 38.6 Å². The Kier molecular flexibility index (Phi) is 6.15. The van der Waals surface area contributed by atoms with Crippen LogP contribution in [0.4, 0.5) is 18.9 Å². The van der Waals surface area contributed by atoms with Crippen LogP contribution in [0.2, 0.25) is 0 Å². The number of hydrogen-bond donors (Lipinski definition) is 1. The highest BCUT2D eigenvalue weighted by Crippen LogP contribution is 2.50. The van der Waals surface area contributed by atoms with Gasteiger partial charge >= 0.3 is 11.9 Å². The molecule has 1 aliphatic rings. The molecule has 0 bridgehead atoms. The van der Waals surface area contributed by atoms with Gasteiger partial charge in [0.1, 0.15) is 5.82 Å². The Morgan fingerprint density at radius 2 is 1.96 bits per heavy atom. The van der Waals surface area contributed by atoms with Gasteiger partial charge < -0.3 is 14.8 Å². The van der Waals surface area contributed by atoms with Crippen molar-refractivity contribution in [2.24, 2.45) is 11.3 Å². The van der Waals surface area contributed by atoms with Crippen molar-refractivity contribution < 1.29 is 32.2 Å². The molecule has 1 fully saturated rings. The summed E-state index contributed by atoms with van der Waals surface area (Å²) >= 11 is 0. The number of carbonyl (C=O) groups is 2. The molecule has 8 heteroatoms. The zero-order chi connectivity index (χ0) is 19.4. The van der Waals surface area contributed by atoms with Gasteiger partial charge in [0.05, 0.1) is 25.6 Å². The SMILES string of the molecule is COC(=O)C1CC(F)(F)C[C@](CCNc2cccc(F)c2)(C(=O)OC)C1. The summed E-state index contributed by atoms with van der Waals surface area (Å²) in [7, 11) is 2.25. The van der Waals surface area contributed by atoms with Crippen LogP contribution in [0.5, 0.6) is 0 Å². The summed E-state index contributed by atoms with van der Waals surface area (Å²) in [6.45, 7) is 0.141. The fraction of sp³-hybridized carbons (Fsp3) is 0.556. The normalized spacial score (nSPS) is 24.6. The van der Waals surface area contributed by atoms with E-state index in [0.717, 1.165) is 14.2 Å². The van der Waals surface area contributed by atoms with Crippen LogP contribution in [0.3, 0.4) is 0 Å². The highest BCUT2D eigenvalue weighted by Gasteiger charge is 2.55. The maximum absolute atomic E-state index is 14.3. The number of nitrogens with one attached hydrogen (secondary N) is 1. The third-order valence-corrected chi connectivity index (χ3v) is 4.69. The second-order valence-corrected chi connectivity index (χ2v) is 6.62. The predicted octanol–water partition coefficient (Wildman–Crippen LogP) is 3.40. The lowest BCUT2D eigenvalue weighted by Gasteiger charge is -2.41. The van der Waals surface area contributed by atoms with E-state index in [1.54, 1.807) is 6.07 Å². The summed E-state index contributed by atoms with van der Waals surface area (Å²) in [5, 5.41) is 2.91. The standard InChI is InChI=1S/C18H22F3NO4/c1-25-15(23)12-9-17(16(24)26-2,11-18(20,21)10-12)6-7-22-14-5-3-4-13(19)8-14/h3-5,8,12,22H,6-7,9-11H2,1-2H3/t12?,17-/m1/s1. The minimum Gasteiger partial charge on any atom is -0.469 e. The number of alkyl halides is 2. The molecule has 0 saturated heterocycles. The molecule has 1 aromatic carbocycles. The van der Waals surface area contributed by atoms with Crippen LogP contribution in [0.1, 0.15) is 25.7 Å². The highest BCUT2D eigenvalue weighted by atomic mass is 19.3. The van der Waals surface area contributed by atoms with Gasteiger partial charge in [0.2, 0.25) is 5.92 Å². The van der Waals surface area contributed by atoms with Crippen molar-refractivity contribution in [1.29, 1.82) is 0 Å². The van der Waals surface area contributed by atoms with Crippen LogP contribution in [-0.2, 0) is 19.1 Å². The second-order valence-electron chi connectivity index (χ2n) is 6.62. The van der Waals surface area contributed by atoms with E-state index in [-0.39, 0.29) is 19.4 Å². The molecule has 0 radical (unpaired) electrons. The van der Waals surface area contributed by atoms with Crippen molar-refractivity contribution in [1.82, 2.24) is 0 Å². The molecule has 2 rings (SSSR count). The quantitative estimate of drug-likeness (QED) is 0.775. The number of halogens is 3. The van der Waals surface area contributed by atoms with Crippen LogP contribution < -0.4 is 5.32 Å². The third-order valence-electron chi connectivity index (χ3n) is 4.69. The number of hydrogen-bond acceptors (Lipinski definition) is 5. The largest absolute Gasteiger partial charge is 0.469 e. The molecule has 1 aliphatic carbocycles. The van der Waals surface area contributed by atoms with Crippen molar-refractivity contribution in [3.63, 3.8) is 0 Å². The Bertz CT molecular complexity index is 668. The number of rotatable bonds is 6. The predicted molar refractivity (Wildman–Crippen MR) is 88.3 cm³/mol. The lowest BCUT2D eigenvalue weighted by molar-refractivity contribution is -0.177. The Labute approximate surface area is 149 Å². The molecule has 5 nitrogen and oxygen atoms in total. The van der Waals surface area contributed by atoms with E-state index in [0.29, 0.717) is 5.69 Å². The molecule has 0 aliphatic heterocycles. The number of benzene rings is 1. The fourth-order valence-electron chi connectivity index (χ4n) is 3.59. The maximum atomic E-state index is 14.3. The molecule has 1 aromatic rings. The maximum Gasteiger partial charge on any atom is 0.312 e. The van der Waals surface area contributed by atoms with Crippen molar-refractivity contribution in [3.8, 4) is 0 Å². The number of ether oxygens (including phenoxy) is 2. The van der Waals surface area contributed by atoms with E-state index in [1.807, 2.05) is 0 Å². The van der Waals surface area contributed by atoms with Crippen molar-refractivity contribution >= 4 is 17.6 Å². The molecular formula is C18H22F3NO4. The van der Waals surface area contributed by atoms with E-state index >= 15 is 0 Å². The van der Waals surface area contributed by atoms with Crippen molar-refractivity contribution in [2.75, 3.05) is 26.1 Å². The Morgan fingerprint density at radius 1 is 1.23 bits per heavy atom. The number of esters is 2. The number of anilines is 1. The van der Waals surface area contributed by atoms with E-state index in [1.165, 1.54) is 18.2 Å². The minimum atomic E-state index is -3.19. The average molecular weight is 373 g/mol. The topological polar surface area (TPSA) is 64.6 Å². The van der Waals surface area contributed by atoms with Gasteiger partial charge in [-0.25, -0.2) is 13.2 Å². The molecule has 26 heavy (non-hydrogen) atoms. The van der Waals surface area contributed by atoms with Gasteiger partial charge in [-0.2, -0.15) is 0 Å². The van der Waals surface area contributed by atoms with Gasteiger partial charge in [-0.1, -0.05) is 6.07 Å². The van der Waals surface area contributed by atoms with Crippen LogP contribution in [0, 0.1) is 17.2 Å². The second kappa shape index (κ2) is 7.97. The Balaban J connectivity index is 2.18. The Hall–Kier alpha value is -2.25. The summed E-state index contributed by atoms with van der Waals surface area (Å²) in [6, 6.07) is 5.68. The molecule has 0 aromatic heterocycles. The van der Waals surface area contributed by atoms with E-state index in [9.17, 15) is 22.8 Å². The summed E-state index contributed by atoms with van der Waals surface area (Å²) in [5.74, 6) is -6.27. The van der Waals surface area contributed by atoms with E-state index in [4.69, 9.17) is 4.74 Å². The number of methoxy groups -OCH3 is 2. The lowest BCUT2D eigenvalue weighted by atomic mass is 9.66. The van der Waals surface area contributed by atoms with Gasteiger partial charge in [-0.3, -0.25) is 9.59 Å². The molecule has 0 spiro atoms. The first-order valence-corrected chi connectivity index (χ1v) is 8.25. The molecule has 2 atom stereocenters. The first-order valence-electron chi connectivity index (χ1n) is 8.25. The number of carbonyl (C=O) groups excluding carboxylic acids is 2. The van der Waals surface area contributed by atoms with Crippen LogP contribution in [0.15, 0.2) is 24.3 Å². The Morgan fingerprint density at radius 3 is 2.58 bits per heavy atom. The van der Waals surface area contributed by atoms with Crippen molar-refractivity contribution in [2.45, 2.75) is 31.6 Å². The summed E-state index contributed by atoms with van der Waals surface area (Å²) in [4.78, 5) is 24.2.